The Labute approximate surface area is 126 Å². The summed E-state index contributed by atoms with van der Waals surface area (Å²) in [6, 6.07) is 6.30. The van der Waals surface area contributed by atoms with Crippen molar-refractivity contribution >= 4 is 11.6 Å². The van der Waals surface area contributed by atoms with Crippen molar-refractivity contribution in [1.82, 2.24) is 9.80 Å². The van der Waals surface area contributed by atoms with E-state index >= 15 is 0 Å². The Bertz CT molecular complexity index is 531. The van der Waals surface area contributed by atoms with Gasteiger partial charge in [0.15, 0.2) is 0 Å². The predicted octanol–water partition coefficient (Wildman–Crippen LogP) is 1.59. The third-order valence-corrected chi connectivity index (χ3v) is 4.69. The number of piperazine rings is 1. The first-order valence-corrected chi connectivity index (χ1v) is 7.79. The van der Waals surface area contributed by atoms with E-state index in [1.807, 2.05) is 30.0 Å². The number of benzene rings is 1. The molecular weight excluding hydrogens is 264 g/mol. The highest BCUT2D eigenvalue weighted by atomic mass is 16.2. The summed E-state index contributed by atoms with van der Waals surface area (Å²) in [5.41, 5.74) is 5.14. The Balaban J connectivity index is 1.76. The molecule has 2 saturated heterocycles. The maximum absolute atomic E-state index is 12.8. The third-order valence-electron chi connectivity index (χ3n) is 4.69. The zero-order valence-electron chi connectivity index (χ0n) is 12.6. The molecule has 21 heavy (non-hydrogen) atoms. The number of piperidine rings is 1. The van der Waals surface area contributed by atoms with Crippen molar-refractivity contribution in [2.75, 3.05) is 31.6 Å². The Morgan fingerprint density at radius 3 is 2.95 bits per heavy atom. The van der Waals surface area contributed by atoms with Crippen LogP contribution in [0, 0.1) is 6.92 Å². The molecule has 2 heterocycles. The molecule has 5 nitrogen and oxygen atoms in total. The predicted molar refractivity (Wildman–Crippen MR) is 84.1 cm³/mol. The molecule has 0 aliphatic carbocycles. The van der Waals surface area contributed by atoms with Crippen LogP contribution in [0.4, 0.5) is 5.69 Å². The van der Waals surface area contributed by atoms with Crippen LogP contribution >= 0.6 is 0 Å². The summed E-state index contributed by atoms with van der Waals surface area (Å²) in [5.74, 6) is 5.65. The fourth-order valence-corrected chi connectivity index (χ4v) is 3.47. The molecule has 0 saturated carbocycles. The second-order valence-electron chi connectivity index (χ2n) is 6.13. The lowest BCUT2D eigenvalue weighted by Gasteiger charge is -2.44. The van der Waals surface area contributed by atoms with Gasteiger partial charge in [0.2, 0.25) is 0 Å². The molecule has 2 aliphatic heterocycles. The van der Waals surface area contributed by atoms with Gasteiger partial charge in [0.1, 0.15) is 0 Å². The van der Waals surface area contributed by atoms with Crippen LogP contribution in [0.5, 0.6) is 0 Å². The summed E-state index contributed by atoms with van der Waals surface area (Å²) in [6.07, 6.45) is 3.78. The number of fused-ring (bicyclic) bond motifs is 1. The number of rotatable bonds is 2. The molecule has 114 valence electrons. The SMILES string of the molecule is Cc1ccc(C(=O)N2CCN3CCCCC3C2)c(NN)c1. The molecule has 0 radical (unpaired) electrons. The Hall–Kier alpha value is -1.59. The van der Waals surface area contributed by atoms with E-state index in [2.05, 4.69) is 10.3 Å². The lowest BCUT2D eigenvalue weighted by Crippen LogP contribution is -2.56. The number of carbonyl (C=O) groups excluding carboxylic acids is 1. The van der Waals surface area contributed by atoms with E-state index in [1.165, 1.54) is 25.8 Å². The first-order valence-electron chi connectivity index (χ1n) is 7.79. The molecule has 1 unspecified atom stereocenters. The highest BCUT2D eigenvalue weighted by Gasteiger charge is 2.31. The van der Waals surface area contributed by atoms with Crippen LogP contribution in [0.2, 0.25) is 0 Å². The van der Waals surface area contributed by atoms with Crippen molar-refractivity contribution in [2.45, 2.75) is 32.2 Å². The lowest BCUT2D eigenvalue weighted by molar-refractivity contribution is 0.0373. The van der Waals surface area contributed by atoms with E-state index in [1.54, 1.807) is 0 Å². The zero-order valence-corrected chi connectivity index (χ0v) is 12.6. The molecule has 3 rings (SSSR count). The average Bonchev–Trinajstić information content (AvgIpc) is 2.53. The van der Waals surface area contributed by atoms with Gasteiger partial charge in [0.05, 0.1) is 11.3 Å². The molecule has 5 heteroatoms. The van der Waals surface area contributed by atoms with Gasteiger partial charge in [-0.05, 0) is 44.0 Å². The van der Waals surface area contributed by atoms with Gasteiger partial charge < -0.3 is 10.3 Å². The summed E-state index contributed by atoms with van der Waals surface area (Å²) in [4.78, 5) is 17.3. The van der Waals surface area contributed by atoms with Crippen LogP contribution in [0.1, 0.15) is 35.2 Å². The van der Waals surface area contributed by atoms with Crippen LogP contribution in [-0.4, -0.2) is 47.9 Å². The van der Waals surface area contributed by atoms with Crippen molar-refractivity contribution < 1.29 is 4.79 Å². The second-order valence-corrected chi connectivity index (χ2v) is 6.13. The number of nitrogens with one attached hydrogen (secondary N) is 1. The van der Waals surface area contributed by atoms with Crippen molar-refractivity contribution in [1.29, 1.82) is 0 Å². The smallest absolute Gasteiger partial charge is 0.256 e. The Morgan fingerprint density at radius 1 is 1.29 bits per heavy atom. The van der Waals surface area contributed by atoms with Crippen LogP contribution in [-0.2, 0) is 0 Å². The van der Waals surface area contributed by atoms with Gasteiger partial charge in [-0.1, -0.05) is 12.5 Å². The van der Waals surface area contributed by atoms with E-state index in [0.717, 1.165) is 25.2 Å². The summed E-state index contributed by atoms with van der Waals surface area (Å²) in [5, 5.41) is 0. The van der Waals surface area contributed by atoms with Crippen LogP contribution < -0.4 is 11.3 Å². The minimum Gasteiger partial charge on any atom is -0.336 e. The van der Waals surface area contributed by atoms with Crippen LogP contribution in [0.15, 0.2) is 18.2 Å². The van der Waals surface area contributed by atoms with Gasteiger partial charge >= 0.3 is 0 Å². The Morgan fingerprint density at radius 2 is 2.14 bits per heavy atom. The number of nitrogen functional groups attached to an aromatic ring is 1. The number of aryl methyl sites for hydroxylation is 1. The number of hydrogen-bond acceptors (Lipinski definition) is 4. The molecular formula is C16H24N4O. The van der Waals surface area contributed by atoms with Gasteiger partial charge in [0, 0.05) is 25.7 Å². The minimum absolute atomic E-state index is 0.0909. The van der Waals surface area contributed by atoms with Crippen molar-refractivity contribution in [3.63, 3.8) is 0 Å². The topological polar surface area (TPSA) is 61.6 Å². The quantitative estimate of drug-likeness (QED) is 0.641. The van der Waals surface area contributed by atoms with Crippen molar-refractivity contribution in [2.24, 2.45) is 5.84 Å². The fraction of sp³-hybridized carbons (Fsp3) is 0.562. The molecule has 0 spiro atoms. The third kappa shape index (κ3) is 2.89. The largest absolute Gasteiger partial charge is 0.336 e. The van der Waals surface area contributed by atoms with E-state index in [4.69, 9.17) is 5.84 Å². The van der Waals surface area contributed by atoms with E-state index in [-0.39, 0.29) is 5.91 Å². The number of nitrogens with two attached hydrogens (primary N) is 1. The van der Waals surface area contributed by atoms with Gasteiger partial charge in [-0.15, -0.1) is 0 Å². The van der Waals surface area contributed by atoms with E-state index in [9.17, 15) is 4.79 Å². The van der Waals surface area contributed by atoms with Crippen molar-refractivity contribution in [3.05, 3.63) is 29.3 Å². The molecule has 1 aromatic carbocycles. The highest BCUT2D eigenvalue weighted by molar-refractivity contribution is 5.99. The second kappa shape index (κ2) is 6.03. The first kappa shape index (κ1) is 14.4. The average molecular weight is 288 g/mol. The highest BCUT2D eigenvalue weighted by Crippen LogP contribution is 2.24. The normalized spacial score (nSPS) is 22.8. The molecule has 2 fully saturated rings. The van der Waals surface area contributed by atoms with Gasteiger partial charge in [-0.2, -0.15) is 0 Å². The number of amides is 1. The number of anilines is 1. The molecule has 0 aromatic heterocycles. The van der Waals surface area contributed by atoms with Crippen molar-refractivity contribution in [3.8, 4) is 0 Å². The van der Waals surface area contributed by atoms with E-state index in [0.29, 0.717) is 17.3 Å². The van der Waals surface area contributed by atoms with Crippen LogP contribution in [0.25, 0.3) is 0 Å². The molecule has 1 atom stereocenters. The summed E-state index contributed by atoms with van der Waals surface area (Å²) >= 11 is 0. The first-order chi connectivity index (χ1) is 10.2. The molecule has 1 amide bonds. The maximum atomic E-state index is 12.8. The number of hydrazine groups is 1. The molecule has 2 aliphatic rings. The summed E-state index contributed by atoms with van der Waals surface area (Å²) in [7, 11) is 0. The lowest BCUT2D eigenvalue weighted by atomic mass is 9.99. The van der Waals surface area contributed by atoms with E-state index < -0.39 is 0 Å². The van der Waals surface area contributed by atoms with Gasteiger partial charge in [-0.25, -0.2) is 0 Å². The number of carbonyl (C=O) groups is 1. The number of hydrogen-bond donors (Lipinski definition) is 2. The van der Waals surface area contributed by atoms with Gasteiger partial charge in [-0.3, -0.25) is 15.5 Å². The summed E-state index contributed by atoms with van der Waals surface area (Å²) < 4.78 is 0. The maximum Gasteiger partial charge on any atom is 0.256 e. The van der Waals surface area contributed by atoms with Gasteiger partial charge in [0.25, 0.3) is 5.91 Å². The zero-order chi connectivity index (χ0) is 14.8. The fourth-order valence-electron chi connectivity index (χ4n) is 3.47. The number of nitrogens with zero attached hydrogens (tertiary/aromatic N) is 2. The monoisotopic (exact) mass is 288 g/mol. The molecule has 0 bridgehead atoms. The molecule has 3 N–H and O–H groups in total. The molecule has 1 aromatic rings. The van der Waals surface area contributed by atoms with Crippen LogP contribution in [0.3, 0.4) is 0 Å². The summed E-state index contributed by atoms with van der Waals surface area (Å²) in [6.45, 7) is 5.83. The standard InChI is InChI=1S/C16H24N4O/c1-12-5-6-14(15(10-12)18-17)16(21)20-9-8-19-7-3-2-4-13(19)11-20/h5-6,10,13,18H,2-4,7-9,11,17H2,1H3. The minimum atomic E-state index is 0.0909. The Kier molecular flexibility index (Phi) is 4.12.